The maximum atomic E-state index is 13.6. The smallest absolute Gasteiger partial charge is 0.240 e. The Hall–Kier alpha value is -1.47. The van der Waals surface area contributed by atoms with Crippen LogP contribution < -0.4 is 10.5 Å². The minimum absolute atomic E-state index is 0.135. The van der Waals surface area contributed by atoms with Gasteiger partial charge in [0.05, 0.1) is 18.1 Å². The summed E-state index contributed by atoms with van der Waals surface area (Å²) in [6.45, 7) is 0.146. The lowest BCUT2D eigenvalue weighted by Crippen LogP contribution is -1.96. The highest BCUT2D eigenvalue weighted by atomic mass is 79.9. The Morgan fingerprint density at radius 2 is 2.29 bits per heavy atom. The third-order valence-corrected chi connectivity index (χ3v) is 2.69. The Balaban J connectivity index is 2.46. The van der Waals surface area contributed by atoms with E-state index in [1.807, 2.05) is 0 Å². The summed E-state index contributed by atoms with van der Waals surface area (Å²) >= 11 is 3.20. The fraction of sp³-hybridized carbons (Fsp3) is 0.200. The molecule has 5 nitrogen and oxygen atoms in total. The summed E-state index contributed by atoms with van der Waals surface area (Å²) < 4.78 is 23.8. The number of rotatable bonds is 3. The van der Waals surface area contributed by atoms with Crippen LogP contribution in [0.25, 0.3) is 11.4 Å². The average Bonchev–Trinajstić information content (AvgIpc) is 2.77. The van der Waals surface area contributed by atoms with E-state index in [0.717, 1.165) is 0 Å². The first-order chi connectivity index (χ1) is 8.15. The van der Waals surface area contributed by atoms with E-state index in [0.29, 0.717) is 15.9 Å². The molecule has 0 spiro atoms. The highest BCUT2D eigenvalue weighted by Gasteiger charge is 2.14. The second-order valence-electron chi connectivity index (χ2n) is 3.19. The van der Waals surface area contributed by atoms with Crippen molar-refractivity contribution in [1.29, 1.82) is 0 Å². The second kappa shape index (κ2) is 4.80. The summed E-state index contributed by atoms with van der Waals surface area (Å²) in [6, 6.07) is 2.92. The first-order valence-corrected chi connectivity index (χ1v) is 5.51. The van der Waals surface area contributed by atoms with Crippen LogP contribution in [0.5, 0.6) is 5.75 Å². The lowest BCUT2D eigenvalue weighted by atomic mass is 10.2. The molecular weight excluding hydrogens is 293 g/mol. The van der Waals surface area contributed by atoms with E-state index in [2.05, 4.69) is 26.1 Å². The van der Waals surface area contributed by atoms with Gasteiger partial charge in [0.1, 0.15) is 0 Å². The molecule has 0 aliphatic rings. The number of aromatic nitrogens is 2. The molecule has 2 aromatic rings. The van der Waals surface area contributed by atoms with Crippen molar-refractivity contribution in [3.8, 4) is 17.1 Å². The maximum Gasteiger partial charge on any atom is 0.240 e. The van der Waals surface area contributed by atoms with Gasteiger partial charge in [-0.2, -0.15) is 4.98 Å². The molecule has 0 bridgehead atoms. The molecule has 90 valence electrons. The minimum Gasteiger partial charge on any atom is -0.492 e. The highest BCUT2D eigenvalue weighted by molar-refractivity contribution is 9.10. The maximum absolute atomic E-state index is 13.6. The number of nitrogens with two attached hydrogens (primary N) is 1. The molecule has 0 radical (unpaired) electrons. The zero-order valence-corrected chi connectivity index (χ0v) is 10.5. The first kappa shape index (κ1) is 12.0. The van der Waals surface area contributed by atoms with Crippen LogP contribution in [0.15, 0.2) is 21.1 Å². The molecule has 0 fully saturated rings. The SMILES string of the molecule is COc1c(F)cc(-c2noc(CN)n2)cc1Br. The van der Waals surface area contributed by atoms with Gasteiger partial charge in [-0.1, -0.05) is 5.16 Å². The van der Waals surface area contributed by atoms with Gasteiger partial charge in [-0.3, -0.25) is 0 Å². The van der Waals surface area contributed by atoms with E-state index in [-0.39, 0.29) is 18.1 Å². The topological polar surface area (TPSA) is 74.2 Å². The van der Waals surface area contributed by atoms with E-state index in [1.54, 1.807) is 6.07 Å². The van der Waals surface area contributed by atoms with Crippen molar-refractivity contribution in [2.45, 2.75) is 6.54 Å². The third-order valence-electron chi connectivity index (χ3n) is 2.10. The molecule has 0 amide bonds. The normalized spacial score (nSPS) is 10.6. The van der Waals surface area contributed by atoms with Crippen LogP contribution in [0.4, 0.5) is 4.39 Å². The van der Waals surface area contributed by atoms with Crippen molar-refractivity contribution in [1.82, 2.24) is 10.1 Å². The largest absolute Gasteiger partial charge is 0.492 e. The fourth-order valence-electron chi connectivity index (χ4n) is 1.34. The summed E-state index contributed by atoms with van der Waals surface area (Å²) in [5.41, 5.74) is 5.83. The van der Waals surface area contributed by atoms with Gasteiger partial charge >= 0.3 is 0 Å². The Morgan fingerprint density at radius 1 is 1.53 bits per heavy atom. The van der Waals surface area contributed by atoms with Gasteiger partial charge in [-0.15, -0.1) is 0 Å². The molecule has 0 unspecified atom stereocenters. The monoisotopic (exact) mass is 301 g/mol. The van der Waals surface area contributed by atoms with Crippen molar-refractivity contribution < 1.29 is 13.7 Å². The predicted molar refractivity (Wildman–Crippen MR) is 61.8 cm³/mol. The molecule has 2 N–H and O–H groups in total. The van der Waals surface area contributed by atoms with Gasteiger partial charge < -0.3 is 15.0 Å². The van der Waals surface area contributed by atoms with E-state index >= 15 is 0 Å². The lowest BCUT2D eigenvalue weighted by Gasteiger charge is -2.05. The molecule has 0 atom stereocenters. The summed E-state index contributed by atoms with van der Waals surface area (Å²) in [5.74, 6) is 0.215. The molecule has 0 aliphatic carbocycles. The summed E-state index contributed by atoms with van der Waals surface area (Å²) in [7, 11) is 1.39. The zero-order valence-electron chi connectivity index (χ0n) is 8.91. The lowest BCUT2D eigenvalue weighted by molar-refractivity contribution is 0.380. The van der Waals surface area contributed by atoms with Gasteiger partial charge in [0.2, 0.25) is 11.7 Å². The van der Waals surface area contributed by atoms with Gasteiger partial charge in [0.15, 0.2) is 11.6 Å². The first-order valence-electron chi connectivity index (χ1n) is 4.71. The van der Waals surface area contributed by atoms with E-state index in [1.165, 1.54) is 13.2 Å². The number of hydrogen-bond donors (Lipinski definition) is 1. The predicted octanol–water partition coefficient (Wildman–Crippen LogP) is 2.11. The molecule has 0 saturated carbocycles. The van der Waals surface area contributed by atoms with Gasteiger partial charge in [0, 0.05) is 5.56 Å². The Morgan fingerprint density at radius 3 is 2.82 bits per heavy atom. The Kier molecular flexibility index (Phi) is 3.39. The van der Waals surface area contributed by atoms with Gasteiger partial charge in [-0.25, -0.2) is 4.39 Å². The van der Waals surface area contributed by atoms with Crippen LogP contribution in [0.2, 0.25) is 0 Å². The molecule has 1 aromatic heterocycles. The van der Waals surface area contributed by atoms with Gasteiger partial charge in [0.25, 0.3) is 0 Å². The summed E-state index contributed by atoms with van der Waals surface area (Å²) in [5, 5.41) is 3.70. The standard InChI is InChI=1S/C10H9BrFN3O2/c1-16-9-6(11)2-5(3-7(9)12)10-14-8(4-13)17-15-10/h2-3H,4,13H2,1H3. The van der Waals surface area contributed by atoms with Gasteiger partial charge in [-0.05, 0) is 28.1 Å². The van der Waals surface area contributed by atoms with Crippen molar-refractivity contribution in [2.24, 2.45) is 5.73 Å². The molecule has 0 aliphatic heterocycles. The average molecular weight is 302 g/mol. The Bertz CT molecular complexity index is 521. The van der Waals surface area contributed by atoms with Crippen molar-refractivity contribution in [2.75, 3.05) is 7.11 Å². The molecule has 2 rings (SSSR count). The molecule has 17 heavy (non-hydrogen) atoms. The number of ether oxygens (including phenoxy) is 1. The molecule has 1 heterocycles. The summed E-state index contributed by atoms with van der Waals surface area (Å²) in [4.78, 5) is 4.01. The van der Waals surface area contributed by atoms with E-state index in [9.17, 15) is 4.39 Å². The number of benzene rings is 1. The number of nitrogens with zero attached hydrogens (tertiary/aromatic N) is 2. The quantitative estimate of drug-likeness (QED) is 0.940. The molecule has 1 aromatic carbocycles. The fourth-order valence-corrected chi connectivity index (χ4v) is 1.94. The minimum atomic E-state index is -0.504. The number of methoxy groups -OCH3 is 1. The third kappa shape index (κ3) is 2.29. The van der Waals surface area contributed by atoms with Crippen LogP contribution in [0.1, 0.15) is 5.89 Å². The van der Waals surface area contributed by atoms with Crippen LogP contribution in [0.3, 0.4) is 0 Å². The van der Waals surface area contributed by atoms with Crippen LogP contribution in [0, 0.1) is 5.82 Å². The Labute approximate surface area is 105 Å². The van der Waals surface area contributed by atoms with E-state index in [4.69, 9.17) is 15.0 Å². The van der Waals surface area contributed by atoms with Crippen molar-refractivity contribution in [3.05, 3.63) is 28.3 Å². The highest BCUT2D eigenvalue weighted by Crippen LogP contribution is 2.32. The molecule has 0 saturated heterocycles. The number of hydrogen-bond acceptors (Lipinski definition) is 5. The summed E-state index contributed by atoms with van der Waals surface area (Å²) in [6.07, 6.45) is 0. The van der Waals surface area contributed by atoms with E-state index < -0.39 is 5.82 Å². The molecule has 7 heteroatoms. The number of halogens is 2. The second-order valence-corrected chi connectivity index (χ2v) is 4.04. The zero-order chi connectivity index (χ0) is 12.4. The molecular formula is C10H9BrFN3O2. The van der Waals surface area contributed by atoms with Crippen LogP contribution >= 0.6 is 15.9 Å². The van der Waals surface area contributed by atoms with Crippen molar-refractivity contribution in [3.63, 3.8) is 0 Å². The van der Waals surface area contributed by atoms with Crippen LogP contribution in [-0.2, 0) is 6.54 Å². The van der Waals surface area contributed by atoms with Crippen LogP contribution in [-0.4, -0.2) is 17.3 Å². The van der Waals surface area contributed by atoms with Crippen molar-refractivity contribution >= 4 is 15.9 Å².